The van der Waals surface area contributed by atoms with Gasteiger partial charge in [0, 0.05) is 37.8 Å². The first-order valence-corrected chi connectivity index (χ1v) is 8.29. The van der Waals surface area contributed by atoms with Crippen LogP contribution in [0.4, 0.5) is 5.82 Å². The van der Waals surface area contributed by atoms with Gasteiger partial charge in [0.15, 0.2) is 0 Å². The van der Waals surface area contributed by atoms with Gasteiger partial charge in [-0.3, -0.25) is 4.79 Å². The van der Waals surface area contributed by atoms with Crippen molar-refractivity contribution in [3.05, 3.63) is 53.7 Å². The molecule has 5 heteroatoms. The number of amides is 1. The fraction of sp³-hybridized carbons (Fsp3) is 0.368. The highest BCUT2D eigenvalue weighted by Crippen LogP contribution is 2.33. The number of pyridine rings is 1. The Morgan fingerprint density at radius 3 is 2.96 bits per heavy atom. The molecule has 3 rings (SSSR count). The van der Waals surface area contributed by atoms with Crippen LogP contribution in [-0.4, -0.2) is 43.0 Å². The monoisotopic (exact) mass is 325 g/mol. The van der Waals surface area contributed by atoms with Gasteiger partial charge in [0.2, 0.25) is 0 Å². The average Bonchev–Trinajstić information content (AvgIpc) is 2.67. The van der Waals surface area contributed by atoms with E-state index in [1.54, 1.807) is 32.5 Å². The van der Waals surface area contributed by atoms with Gasteiger partial charge in [-0.2, -0.15) is 0 Å². The minimum atomic E-state index is 0.0634. The molecule has 1 saturated heterocycles. The molecule has 1 unspecified atom stereocenters. The van der Waals surface area contributed by atoms with Crippen LogP contribution in [0, 0.1) is 0 Å². The summed E-state index contributed by atoms with van der Waals surface area (Å²) in [6, 6.07) is 11.7. The molecule has 0 bridgehead atoms. The second kappa shape index (κ2) is 7.34. The van der Waals surface area contributed by atoms with Crippen molar-refractivity contribution in [2.75, 3.05) is 32.6 Å². The van der Waals surface area contributed by atoms with Crippen molar-refractivity contribution in [2.24, 2.45) is 0 Å². The lowest BCUT2D eigenvalue weighted by Crippen LogP contribution is -2.39. The third-order valence-corrected chi connectivity index (χ3v) is 4.55. The molecule has 1 atom stereocenters. The van der Waals surface area contributed by atoms with Crippen molar-refractivity contribution in [3.63, 3.8) is 0 Å². The highest BCUT2D eigenvalue weighted by Gasteiger charge is 2.27. The molecule has 5 nitrogen and oxygen atoms in total. The van der Waals surface area contributed by atoms with E-state index in [0.717, 1.165) is 31.7 Å². The van der Waals surface area contributed by atoms with Gasteiger partial charge in [-0.05, 0) is 36.6 Å². The van der Waals surface area contributed by atoms with Gasteiger partial charge in [-0.15, -0.1) is 0 Å². The number of para-hydroxylation sites is 1. The minimum absolute atomic E-state index is 0.0634. The third-order valence-electron chi connectivity index (χ3n) is 4.55. The van der Waals surface area contributed by atoms with Crippen LogP contribution in [0.15, 0.2) is 42.6 Å². The molecule has 2 heterocycles. The normalized spacial score (nSPS) is 17.4. The average molecular weight is 325 g/mol. The molecule has 0 spiro atoms. The number of ether oxygens (including phenoxy) is 1. The number of nitrogens with zero attached hydrogens (tertiary/aromatic N) is 2. The fourth-order valence-electron chi connectivity index (χ4n) is 3.30. The van der Waals surface area contributed by atoms with Crippen LogP contribution in [0.2, 0.25) is 0 Å². The second-order valence-electron chi connectivity index (χ2n) is 6.01. The number of carbonyl (C=O) groups excluding carboxylic acids is 1. The summed E-state index contributed by atoms with van der Waals surface area (Å²) in [7, 11) is 3.50. The molecule has 1 aromatic carbocycles. The summed E-state index contributed by atoms with van der Waals surface area (Å²) in [5.41, 5.74) is 1.86. The smallest absolute Gasteiger partial charge is 0.254 e. The van der Waals surface area contributed by atoms with Gasteiger partial charge in [0.1, 0.15) is 11.6 Å². The standard InChI is InChI=1S/C19H23N3O2/c1-20-18-12-14(9-10-21-18)19(23)22-11-5-6-15(13-22)16-7-3-4-8-17(16)24-2/h3-4,7-10,12,15H,5-6,11,13H2,1-2H3,(H,20,21). The maximum absolute atomic E-state index is 12.8. The molecule has 1 aliphatic rings. The number of hydrogen-bond donors (Lipinski definition) is 1. The zero-order chi connectivity index (χ0) is 16.9. The number of likely N-dealkylation sites (tertiary alicyclic amines) is 1. The van der Waals surface area contributed by atoms with Crippen molar-refractivity contribution in [1.82, 2.24) is 9.88 Å². The van der Waals surface area contributed by atoms with Crippen LogP contribution in [0.5, 0.6) is 5.75 Å². The highest BCUT2D eigenvalue weighted by atomic mass is 16.5. The largest absolute Gasteiger partial charge is 0.496 e. The van der Waals surface area contributed by atoms with Crippen LogP contribution in [0.25, 0.3) is 0 Å². The van der Waals surface area contributed by atoms with E-state index >= 15 is 0 Å². The van der Waals surface area contributed by atoms with E-state index in [0.29, 0.717) is 17.3 Å². The Labute approximate surface area is 142 Å². The molecule has 126 valence electrons. The molecule has 1 aromatic heterocycles. The SMILES string of the molecule is CNc1cc(C(=O)N2CCCC(c3ccccc3OC)C2)ccn1. The molecular weight excluding hydrogens is 302 g/mol. The molecule has 1 amide bonds. The van der Waals surface area contributed by atoms with Crippen molar-refractivity contribution in [2.45, 2.75) is 18.8 Å². The molecule has 0 aliphatic carbocycles. The van der Waals surface area contributed by atoms with Gasteiger partial charge in [0.25, 0.3) is 5.91 Å². The number of benzene rings is 1. The Kier molecular flexibility index (Phi) is 4.99. The predicted molar refractivity (Wildman–Crippen MR) is 94.7 cm³/mol. The molecule has 2 aromatic rings. The summed E-state index contributed by atoms with van der Waals surface area (Å²) in [6.45, 7) is 1.51. The lowest BCUT2D eigenvalue weighted by molar-refractivity contribution is 0.0706. The van der Waals surface area contributed by atoms with Crippen molar-refractivity contribution < 1.29 is 9.53 Å². The van der Waals surface area contributed by atoms with Crippen molar-refractivity contribution in [1.29, 1.82) is 0 Å². The summed E-state index contributed by atoms with van der Waals surface area (Å²) in [5, 5.41) is 2.98. The number of rotatable bonds is 4. The van der Waals surface area contributed by atoms with E-state index in [9.17, 15) is 4.79 Å². The summed E-state index contributed by atoms with van der Waals surface area (Å²) in [4.78, 5) is 19.0. The number of anilines is 1. The van der Waals surface area contributed by atoms with Crippen LogP contribution in [0.1, 0.15) is 34.7 Å². The minimum Gasteiger partial charge on any atom is -0.496 e. The van der Waals surface area contributed by atoms with E-state index in [4.69, 9.17) is 4.74 Å². The van der Waals surface area contributed by atoms with Gasteiger partial charge in [-0.1, -0.05) is 18.2 Å². The van der Waals surface area contributed by atoms with Gasteiger partial charge >= 0.3 is 0 Å². The lowest BCUT2D eigenvalue weighted by Gasteiger charge is -2.33. The first-order valence-electron chi connectivity index (χ1n) is 8.29. The Morgan fingerprint density at radius 1 is 1.33 bits per heavy atom. The van der Waals surface area contributed by atoms with Crippen molar-refractivity contribution in [3.8, 4) is 5.75 Å². The Bertz CT molecular complexity index is 717. The molecule has 1 aliphatic heterocycles. The second-order valence-corrected chi connectivity index (χ2v) is 6.01. The van der Waals surface area contributed by atoms with Crippen LogP contribution in [-0.2, 0) is 0 Å². The quantitative estimate of drug-likeness (QED) is 0.938. The fourth-order valence-corrected chi connectivity index (χ4v) is 3.30. The van der Waals surface area contributed by atoms with Crippen LogP contribution < -0.4 is 10.1 Å². The number of nitrogens with one attached hydrogen (secondary N) is 1. The van der Waals surface area contributed by atoms with E-state index < -0.39 is 0 Å². The van der Waals surface area contributed by atoms with Crippen LogP contribution >= 0.6 is 0 Å². The molecule has 1 N–H and O–H groups in total. The first-order chi connectivity index (χ1) is 11.7. The first kappa shape index (κ1) is 16.3. The topological polar surface area (TPSA) is 54.5 Å². The molecule has 24 heavy (non-hydrogen) atoms. The van der Waals surface area contributed by atoms with E-state index in [1.807, 2.05) is 23.1 Å². The van der Waals surface area contributed by atoms with Crippen molar-refractivity contribution >= 4 is 11.7 Å². The predicted octanol–water partition coefficient (Wildman–Crippen LogP) is 3.15. The highest BCUT2D eigenvalue weighted by molar-refractivity contribution is 5.95. The lowest BCUT2D eigenvalue weighted by atomic mass is 9.89. The molecule has 0 saturated carbocycles. The maximum Gasteiger partial charge on any atom is 0.254 e. The van der Waals surface area contributed by atoms with Crippen LogP contribution in [0.3, 0.4) is 0 Å². The van der Waals surface area contributed by atoms with E-state index in [2.05, 4.69) is 16.4 Å². The summed E-state index contributed by atoms with van der Waals surface area (Å²) < 4.78 is 5.49. The Balaban J connectivity index is 1.79. The number of hydrogen-bond acceptors (Lipinski definition) is 4. The van der Waals surface area contributed by atoms with Gasteiger partial charge in [-0.25, -0.2) is 4.98 Å². The molecule has 0 radical (unpaired) electrons. The zero-order valence-electron chi connectivity index (χ0n) is 14.2. The Hall–Kier alpha value is -2.56. The number of piperidine rings is 1. The molecular formula is C19H23N3O2. The summed E-state index contributed by atoms with van der Waals surface area (Å²) >= 11 is 0. The van der Waals surface area contributed by atoms with E-state index in [-0.39, 0.29) is 5.91 Å². The number of aromatic nitrogens is 1. The van der Waals surface area contributed by atoms with E-state index in [1.165, 1.54) is 5.56 Å². The Morgan fingerprint density at radius 2 is 2.17 bits per heavy atom. The van der Waals surface area contributed by atoms with Gasteiger partial charge in [0.05, 0.1) is 7.11 Å². The number of methoxy groups -OCH3 is 1. The zero-order valence-corrected chi connectivity index (χ0v) is 14.2. The summed E-state index contributed by atoms with van der Waals surface area (Å²) in [5.74, 6) is 1.98. The summed E-state index contributed by atoms with van der Waals surface area (Å²) in [6.07, 6.45) is 3.74. The van der Waals surface area contributed by atoms with Gasteiger partial charge < -0.3 is 15.0 Å². The third kappa shape index (κ3) is 3.35. The molecule has 1 fully saturated rings. The maximum atomic E-state index is 12.8. The number of carbonyl (C=O) groups is 1.